The summed E-state index contributed by atoms with van der Waals surface area (Å²) in [6.07, 6.45) is 25.1. The molecule has 0 atom stereocenters. The molecule has 2 aliphatic carbocycles. The number of hydrogen-bond acceptors (Lipinski definition) is 2. The first-order chi connectivity index (χ1) is 15.4. The molecule has 0 bridgehead atoms. The Morgan fingerprint density at radius 3 is 1.33 bits per heavy atom. The van der Waals surface area contributed by atoms with Crippen molar-refractivity contribution in [2.24, 2.45) is 0 Å². The molecule has 0 spiro atoms. The minimum atomic E-state index is -1.72. The van der Waals surface area contributed by atoms with Gasteiger partial charge in [0.1, 0.15) is 0 Å². The predicted molar refractivity (Wildman–Crippen MR) is 165 cm³/mol. The van der Waals surface area contributed by atoms with E-state index in [-0.39, 0.29) is 62.1 Å². The molecule has 0 saturated carbocycles. The minimum absolute atomic E-state index is 0. The maximum atomic E-state index is 11.6. The van der Waals surface area contributed by atoms with Crippen LogP contribution in [0.1, 0.15) is 65.2 Å². The maximum Gasteiger partial charge on any atom is 2.00 e. The molecule has 0 unspecified atom stereocenters. The Bertz CT molecular complexity index is 672. The third kappa shape index (κ3) is 23.5. The van der Waals surface area contributed by atoms with Crippen molar-refractivity contribution >= 4 is 69.9 Å². The average Bonchev–Trinajstić information content (AvgIpc) is 3.44. The van der Waals surface area contributed by atoms with E-state index in [4.69, 9.17) is 0 Å². The van der Waals surface area contributed by atoms with Gasteiger partial charge in [-0.15, -0.1) is 37.7 Å². The predicted octanol–water partition coefficient (Wildman–Crippen LogP) is 8.09. The second-order valence-electron chi connectivity index (χ2n) is 10.5. The van der Waals surface area contributed by atoms with Gasteiger partial charge in [-0.05, 0) is 0 Å². The first kappa shape index (κ1) is 43.5. The van der Waals surface area contributed by atoms with Gasteiger partial charge in [-0.25, -0.2) is 23.3 Å². The van der Waals surface area contributed by atoms with E-state index in [0.29, 0.717) is 0 Å². The molecule has 10 heteroatoms. The molecule has 0 aromatic heterocycles. The molecule has 2 aliphatic rings. The van der Waals surface area contributed by atoms with Gasteiger partial charge in [-0.3, -0.25) is 12.2 Å². The maximum absolute atomic E-state index is 11.6. The van der Waals surface area contributed by atoms with Gasteiger partial charge in [-0.1, -0.05) is 52.4 Å². The SMILES string of the molecule is CCCCC1=[C-]CC=C1.CCCCC1=[C-]CC=C1.C[Si](C)(C)C(=O)[NH][GaH][NH]C(=O)[Si](C)(C)C.Cl.Cl.[Zr+2]. The van der Waals surface area contributed by atoms with Crippen molar-refractivity contribution in [2.75, 3.05) is 0 Å². The summed E-state index contributed by atoms with van der Waals surface area (Å²) in [6.45, 7) is 16.5. The number of allylic oxidation sites excluding steroid dienone is 8. The van der Waals surface area contributed by atoms with E-state index in [2.05, 4.69) is 58.4 Å². The molecule has 204 valence electrons. The third-order valence-corrected chi connectivity index (χ3v) is 11.6. The van der Waals surface area contributed by atoms with Gasteiger partial charge in [0, 0.05) is 0 Å². The second kappa shape index (κ2) is 24.5. The van der Waals surface area contributed by atoms with Crippen molar-refractivity contribution in [3.63, 3.8) is 0 Å². The zero-order valence-corrected chi connectivity index (χ0v) is 32.9. The Labute approximate surface area is 263 Å². The van der Waals surface area contributed by atoms with Crippen molar-refractivity contribution in [3.8, 4) is 0 Å². The molecule has 0 aromatic carbocycles. The Balaban J connectivity index is -0.000000213. The van der Waals surface area contributed by atoms with Crippen LogP contribution in [0.2, 0.25) is 39.3 Å². The van der Waals surface area contributed by atoms with Gasteiger partial charge in [0.15, 0.2) is 0 Å². The monoisotopic (exact) mass is 706 g/mol. The van der Waals surface area contributed by atoms with Crippen LogP contribution >= 0.6 is 24.8 Å². The number of unbranched alkanes of at least 4 members (excludes halogenated alkanes) is 2. The van der Waals surface area contributed by atoms with Crippen LogP contribution in [-0.4, -0.2) is 45.1 Å². The number of rotatable bonds is 10. The Hall–Kier alpha value is 0.433. The van der Waals surface area contributed by atoms with Crippen LogP contribution in [0.15, 0.2) is 35.5 Å². The molecule has 0 radical (unpaired) electrons. The molecular weight excluding hydrogens is 660 g/mol. The standard InChI is InChI=1S/2C9H13.2C4H11NOSi.2ClH.Ga.Zr.H/c2*1-2-3-6-9-7-4-5-8-9;2*1-7(2,3)4(5)6;;;;;/h2*4,7H,2-3,5-6H2,1H3;2*1-3H3,(H2,5,6);2*1H;;;/q2*-1;;;;;2*+2;/p-2. The molecule has 2 rings (SSSR count). The van der Waals surface area contributed by atoms with Crippen molar-refractivity contribution in [1.82, 2.24) is 8.05 Å². The molecule has 36 heavy (non-hydrogen) atoms. The van der Waals surface area contributed by atoms with Crippen LogP contribution in [0, 0.1) is 12.2 Å². The number of nitrogens with one attached hydrogen (secondary N) is 2. The van der Waals surface area contributed by atoms with Crippen LogP contribution in [0.25, 0.3) is 0 Å². The molecule has 2 N–H and O–H groups in total. The molecule has 0 saturated heterocycles. The average molecular weight is 710 g/mol. The van der Waals surface area contributed by atoms with E-state index in [1.165, 1.54) is 49.7 Å². The number of amides is 2. The molecule has 0 aromatic rings. The van der Waals surface area contributed by atoms with Crippen LogP contribution in [0.3, 0.4) is 0 Å². The summed E-state index contributed by atoms with van der Waals surface area (Å²) in [5.74, 6) is 0. The fourth-order valence-electron chi connectivity index (χ4n) is 2.71. The number of carbonyl (C=O) groups excluding carboxylic acids is 2. The molecule has 0 heterocycles. The minimum Gasteiger partial charge on any atom is -0.147 e. The fourth-order valence-corrected chi connectivity index (χ4v) is 12.2. The van der Waals surface area contributed by atoms with Crippen molar-refractivity contribution < 1.29 is 35.8 Å². The van der Waals surface area contributed by atoms with Crippen molar-refractivity contribution in [1.29, 1.82) is 0 Å². The second-order valence-corrected chi connectivity index (χ2v) is 22.6. The zero-order valence-electron chi connectivity index (χ0n) is 23.8. The van der Waals surface area contributed by atoms with Crippen LogP contribution in [0.5, 0.6) is 0 Å². The smallest absolute Gasteiger partial charge is 0.147 e. The van der Waals surface area contributed by atoms with Crippen LogP contribution in [0.4, 0.5) is 9.59 Å². The Kier molecular flexibility index (Phi) is 29.6. The van der Waals surface area contributed by atoms with Gasteiger partial charge in [-0.2, -0.15) is 12.2 Å². The quantitative estimate of drug-likeness (QED) is 0.178. The van der Waals surface area contributed by atoms with Gasteiger partial charge in [0.05, 0.1) is 0 Å². The molecular formula is C26H49Cl2GaN2O2Si2Zr. The first-order valence-corrected chi connectivity index (χ1v) is 22.5. The summed E-state index contributed by atoms with van der Waals surface area (Å²) < 4.78 is 5.85. The summed E-state index contributed by atoms with van der Waals surface area (Å²) in [5, 5.41) is 0. The largest absolute Gasteiger partial charge is 2.00 e. The number of halogens is 2. The molecule has 0 aliphatic heterocycles. The summed E-state index contributed by atoms with van der Waals surface area (Å²) in [6, 6.07) is 0. The Morgan fingerprint density at radius 1 is 0.778 bits per heavy atom. The van der Waals surface area contributed by atoms with Crippen LogP contribution in [-0.2, 0) is 26.2 Å². The summed E-state index contributed by atoms with van der Waals surface area (Å²) in [7, 11) is -3.44. The topological polar surface area (TPSA) is 58.2 Å². The van der Waals surface area contributed by atoms with E-state index >= 15 is 0 Å². The van der Waals surface area contributed by atoms with E-state index < -0.39 is 34.0 Å². The van der Waals surface area contributed by atoms with E-state index in [1.807, 2.05) is 39.3 Å². The van der Waals surface area contributed by atoms with Crippen LogP contribution < -0.4 is 8.05 Å². The van der Waals surface area contributed by atoms with Crippen molar-refractivity contribution in [3.05, 3.63) is 47.6 Å². The van der Waals surface area contributed by atoms with E-state index in [1.54, 1.807) is 0 Å². The Morgan fingerprint density at radius 2 is 1.11 bits per heavy atom. The van der Waals surface area contributed by atoms with Crippen molar-refractivity contribution in [2.45, 2.75) is 104 Å². The third-order valence-electron chi connectivity index (χ3n) is 4.99. The number of hydrogen-bond donors (Lipinski definition) is 2. The van der Waals surface area contributed by atoms with E-state index in [0.717, 1.165) is 12.8 Å². The van der Waals surface area contributed by atoms with E-state index in [9.17, 15) is 9.59 Å². The van der Waals surface area contributed by atoms with Gasteiger partial charge in [0.2, 0.25) is 0 Å². The zero-order chi connectivity index (χ0) is 25.3. The number of carbonyl (C=O) groups is 2. The van der Waals surface area contributed by atoms with Gasteiger partial charge >= 0.3 is 128 Å². The fraction of sp³-hybridized carbons (Fsp3) is 0.615. The molecule has 2 amide bonds. The molecule has 4 nitrogen and oxygen atoms in total. The van der Waals surface area contributed by atoms with Gasteiger partial charge in [0.25, 0.3) is 0 Å². The molecule has 0 fully saturated rings. The van der Waals surface area contributed by atoms with Gasteiger partial charge < -0.3 is 0 Å². The summed E-state index contributed by atoms with van der Waals surface area (Å²) in [4.78, 5) is 23.1. The summed E-state index contributed by atoms with van der Waals surface area (Å²) >= 11 is -1.40. The summed E-state index contributed by atoms with van der Waals surface area (Å²) in [5.41, 5.74) is 3.16. The normalized spacial score (nSPS) is 13.1. The first-order valence-electron chi connectivity index (χ1n) is 12.5.